The van der Waals surface area contributed by atoms with Crippen molar-refractivity contribution in [2.45, 2.75) is 24.8 Å². The molecule has 1 amide bonds. The van der Waals surface area contributed by atoms with E-state index in [1.54, 1.807) is 18.2 Å². The molecule has 1 aliphatic carbocycles. The molecule has 7 heteroatoms. The number of carboxylic acid groups (broad SMARTS) is 1. The summed E-state index contributed by atoms with van der Waals surface area (Å²) in [5.41, 5.74) is 4.16. The first kappa shape index (κ1) is 20.7. The van der Waals surface area contributed by atoms with Gasteiger partial charge in [-0.15, -0.1) is 0 Å². The maximum absolute atomic E-state index is 12.4. The van der Waals surface area contributed by atoms with Crippen molar-refractivity contribution in [1.82, 2.24) is 5.32 Å². The number of methoxy groups -OCH3 is 1. The zero-order valence-corrected chi connectivity index (χ0v) is 17.1. The van der Waals surface area contributed by atoms with Crippen molar-refractivity contribution in [2.75, 3.05) is 19.0 Å². The third-order valence-electron chi connectivity index (χ3n) is 5.94. The Morgan fingerprint density at radius 1 is 1.13 bits per heavy atom. The Labute approximate surface area is 180 Å². The summed E-state index contributed by atoms with van der Waals surface area (Å²) in [5.74, 6) is -1.11. The number of fused-ring (bicyclic) bond motifs is 3. The van der Waals surface area contributed by atoms with Crippen LogP contribution in [-0.2, 0) is 9.53 Å². The molecule has 4 rings (SSSR count). The molecule has 0 saturated heterocycles. The van der Waals surface area contributed by atoms with Crippen molar-refractivity contribution in [2.24, 2.45) is 5.92 Å². The van der Waals surface area contributed by atoms with E-state index in [0.29, 0.717) is 17.0 Å². The van der Waals surface area contributed by atoms with E-state index in [2.05, 4.69) is 22.8 Å². The van der Waals surface area contributed by atoms with Gasteiger partial charge in [0.05, 0.1) is 25.1 Å². The number of nitrogens with one attached hydrogen (secondary N) is 2. The number of esters is 1. The number of ether oxygens (including phenoxy) is 1. The van der Waals surface area contributed by atoms with E-state index >= 15 is 0 Å². The van der Waals surface area contributed by atoms with E-state index in [0.717, 1.165) is 23.2 Å². The SMILES string of the molecule is COC(=O)c1ccc([C@H]2Nc3ccc(C(=O)NCCC(=O)O)cc3[C@@H]3C=CC[C@@H]23)cc1. The number of aliphatic carboxylic acids is 1. The molecule has 7 nitrogen and oxygen atoms in total. The number of rotatable bonds is 6. The van der Waals surface area contributed by atoms with E-state index in [4.69, 9.17) is 9.84 Å². The number of carbonyl (C=O) groups excluding carboxylic acids is 2. The van der Waals surface area contributed by atoms with Crippen LogP contribution in [0.1, 0.15) is 56.6 Å². The quantitative estimate of drug-likeness (QED) is 0.488. The molecule has 3 N–H and O–H groups in total. The van der Waals surface area contributed by atoms with Gasteiger partial charge < -0.3 is 20.5 Å². The Balaban J connectivity index is 1.57. The van der Waals surface area contributed by atoms with Crippen LogP contribution in [0.25, 0.3) is 0 Å². The lowest BCUT2D eigenvalue weighted by molar-refractivity contribution is -0.136. The third kappa shape index (κ3) is 4.17. The summed E-state index contributed by atoms with van der Waals surface area (Å²) in [6, 6.07) is 13.1. The van der Waals surface area contributed by atoms with Crippen LogP contribution >= 0.6 is 0 Å². The zero-order valence-electron chi connectivity index (χ0n) is 17.1. The molecular weight excluding hydrogens is 396 g/mol. The van der Waals surface area contributed by atoms with Crippen LogP contribution in [0.5, 0.6) is 0 Å². The van der Waals surface area contributed by atoms with Crippen molar-refractivity contribution in [3.63, 3.8) is 0 Å². The summed E-state index contributed by atoms with van der Waals surface area (Å²) < 4.78 is 4.78. The fourth-order valence-corrected chi connectivity index (χ4v) is 4.40. The molecule has 0 saturated carbocycles. The first-order valence-electron chi connectivity index (χ1n) is 10.2. The Hall–Kier alpha value is -3.61. The van der Waals surface area contributed by atoms with Gasteiger partial charge >= 0.3 is 11.9 Å². The number of carboxylic acids is 1. The summed E-state index contributed by atoms with van der Waals surface area (Å²) >= 11 is 0. The lowest BCUT2D eigenvalue weighted by Crippen LogP contribution is -2.30. The van der Waals surface area contributed by atoms with Crippen LogP contribution in [0.3, 0.4) is 0 Å². The van der Waals surface area contributed by atoms with Gasteiger partial charge in [-0.05, 0) is 53.8 Å². The van der Waals surface area contributed by atoms with Gasteiger partial charge in [-0.3, -0.25) is 9.59 Å². The van der Waals surface area contributed by atoms with Crippen molar-refractivity contribution in [3.8, 4) is 0 Å². The van der Waals surface area contributed by atoms with Crippen molar-refractivity contribution in [3.05, 3.63) is 76.9 Å². The first-order valence-corrected chi connectivity index (χ1v) is 10.2. The predicted molar refractivity (Wildman–Crippen MR) is 115 cm³/mol. The van der Waals surface area contributed by atoms with Crippen molar-refractivity contribution >= 4 is 23.5 Å². The zero-order chi connectivity index (χ0) is 22.0. The van der Waals surface area contributed by atoms with Gasteiger partial charge in [0.15, 0.2) is 0 Å². The lowest BCUT2D eigenvalue weighted by Gasteiger charge is -2.37. The number of anilines is 1. The van der Waals surface area contributed by atoms with Crippen LogP contribution in [0.15, 0.2) is 54.6 Å². The van der Waals surface area contributed by atoms with Crippen LogP contribution in [0, 0.1) is 5.92 Å². The highest BCUT2D eigenvalue weighted by atomic mass is 16.5. The van der Waals surface area contributed by atoms with Gasteiger partial charge in [0.2, 0.25) is 0 Å². The molecule has 0 unspecified atom stereocenters. The highest BCUT2D eigenvalue weighted by Crippen LogP contribution is 2.49. The van der Waals surface area contributed by atoms with Gasteiger partial charge in [0.1, 0.15) is 0 Å². The molecule has 0 aromatic heterocycles. The largest absolute Gasteiger partial charge is 0.481 e. The van der Waals surface area contributed by atoms with E-state index in [1.807, 2.05) is 24.3 Å². The normalized spacial score (nSPS) is 20.9. The molecule has 1 heterocycles. The lowest BCUT2D eigenvalue weighted by atomic mass is 9.76. The molecule has 3 atom stereocenters. The van der Waals surface area contributed by atoms with E-state index in [9.17, 15) is 14.4 Å². The van der Waals surface area contributed by atoms with Crippen molar-refractivity contribution < 1.29 is 24.2 Å². The minimum atomic E-state index is -0.945. The predicted octanol–water partition coefficient (Wildman–Crippen LogP) is 3.50. The fourth-order valence-electron chi connectivity index (χ4n) is 4.40. The van der Waals surface area contributed by atoms with Crippen LogP contribution in [0.2, 0.25) is 0 Å². The number of hydrogen-bond acceptors (Lipinski definition) is 5. The number of allylic oxidation sites excluding steroid dienone is 2. The summed E-state index contributed by atoms with van der Waals surface area (Å²) in [7, 11) is 1.37. The maximum atomic E-state index is 12.4. The number of benzene rings is 2. The Morgan fingerprint density at radius 2 is 1.87 bits per heavy atom. The summed E-state index contributed by atoms with van der Waals surface area (Å²) in [6.07, 6.45) is 5.16. The monoisotopic (exact) mass is 420 g/mol. The molecule has 2 aromatic carbocycles. The van der Waals surface area contributed by atoms with Crippen molar-refractivity contribution in [1.29, 1.82) is 0 Å². The van der Waals surface area contributed by atoms with Gasteiger partial charge in [0, 0.05) is 23.7 Å². The Bertz CT molecular complexity index is 1040. The Morgan fingerprint density at radius 3 is 2.58 bits per heavy atom. The highest BCUT2D eigenvalue weighted by Gasteiger charge is 2.38. The highest BCUT2D eigenvalue weighted by molar-refractivity contribution is 5.95. The van der Waals surface area contributed by atoms with Gasteiger partial charge in [-0.25, -0.2) is 4.79 Å². The summed E-state index contributed by atoms with van der Waals surface area (Å²) in [4.78, 5) is 34.8. The summed E-state index contributed by atoms with van der Waals surface area (Å²) in [5, 5.41) is 15.0. The van der Waals surface area contributed by atoms with Gasteiger partial charge in [0.25, 0.3) is 5.91 Å². The molecule has 1 aliphatic heterocycles. The maximum Gasteiger partial charge on any atom is 0.337 e. The molecule has 160 valence electrons. The molecule has 31 heavy (non-hydrogen) atoms. The fraction of sp³-hybridized carbons (Fsp3) is 0.292. The molecule has 0 fully saturated rings. The average Bonchev–Trinajstić information content (AvgIpc) is 3.28. The molecule has 0 spiro atoms. The second kappa shape index (κ2) is 8.63. The standard InChI is InChI=1S/C24H24N2O5/c1-31-24(30)15-7-5-14(6-8-15)22-18-4-2-3-17(18)19-13-16(9-10-20(19)26-22)23(29)25-12-11-21(27)28/h2-3,5-10,13,17-18,22,26H,4,11-12H2,1H3,(H,25,29)(H,27,28)/t17-,18-,22-/m1/s1. The average molecular weight is 420 g/mol. The topological polar surface area (TPSA) is 105 Å². The second-order valence-corrected chi connectivity index (χ2v) is 7.79. The smallest absolute Gasteiger partial charge is 0.337 e. The molecular formula is C24H24N2O5. The van der Waals surface area contributed by atoms with Gasteiger partial charge in [-0.1, -0.05) is 24.3 Å². The number of amides is 1. The molecule has 2 aromatic rings. The minimum Gasteiger partial charge on any atom is -0.481 e. The first-order chi connectivity index (χ1) is 15.0. The van der Waals surface area contributed by atoms with Crippen LogP contribution in [-0.4, -0.2) is 36.6 Å². The molecule has 0 bridgehead atoms. The second-order valence-electron chi connectivity index (χ2n) is 7.79. The van der Waals surface area contributed by atoms with E-state index < -0.39 is 5.97 Å². The minimum absolute atomic E-state index is 0.0782. The molecule has 2 aliphatic rings. The summed E-state index contributed by atoms with van der Waals surface area (Å²) in [6.45, 7) is 0.0963. The third-order valence-corrected chi connectivity index (χ3v) is 5.94. The Kier molecular flexibility index (Phi) is 5.75. The van der Waals surface area contributed by atoms with Crippen LogP contribution < -0.4 is 10.6 Å². The number of carbonyl (C=O) groups is 3. The van der Waals surface area contributed by atoms with Crippen LogP contribution in [0.4, 0.5) is 5.69 Å². The number of hydrogen-bond donors (Lipinski definition) is 3. The van der Waals surface area contributed by atoms with E-state index in [-0.39, 0.29) is 36.8 Å². The molecule has 0 radical (unpaired) electrons. The van der Waals surface area contributed by atoms with Gasteiger partial charge in [-0.2, -0.15) is 0 Å². The van der Waals surface area contributed by atoms with E-state index in [1.165, 1.54) is 7.11 Å².